The highest BCUT2D eigenvalue weighted by Crippen LogP contribution is 2.45. The van der Waals surface area contributed by atoms with E-state index in [-0.39, 0.29) is 21.9 Å². The summed E-state index contributed by atoms with van der Waals surface area (Å²) in [7, 11) is 0. The van der Waals surface area contributed by atoms with E-state index in [1.54, 1.807) is 5.32 Å². The third-order valence-electron chi connectivity index (χ3n) is 6.33. The van der Waals surface area contributed by atoms with Crippen LogP contribution in [0.25, 0.3) is 0 Å². The zero-order valence-corrected chi connectivity index (χ0v) is 21.1. The summed E-state index contributed by atoms with van der Waals surface area (Å²) < 4.78 is 62.7. The molecule has 1 heterocycles. The highest BCUT2D eigenvalue weighted by molar-refractivity contribution is 7.16. The molecule has 0 spiro atoms. The number of nitriles is 1. The van der Waals surface area contributed by atoms with Gasteiger partial charge in [0.1, 0.15) is 16.9 Å². The van der Waals surface area contributed by atoms with Crippen LogP contribution in [-0.4, -0.2) is 30.3 Å². The number of halogens is 4. The van der Waals surface area contributed by atoms with E-state index >= 15 is 0 Å². The highest BCUT2D eigenvalue weighted by atomic mass is 32.1. The van der Waals surface area contributed by atoms with Crippen molar-refractivity contribution in [3.8, 4) is 6.07 Å². The van der Waals surface area contributed by atoms with E-state index in [2.05, 4.69) is 26.1 Å². The number of carbonyl (C=O) groups is 2. The number of alkyl halides is 3. The highest BCUT2D eigenvalue weighted by Gasteiger charge is 2.64. The van der Waals surface area contributed by atoms with E-state index in [4.69, 9.17) is 4.74 Å². The normalized spacial score (nSPS) is 17.4. The summed E-state index contributed by atoms with van der Waals surface area (Å²) >= 11 is 0.944. The van der Waals surface area contributed by atoms with Crippen molar-refractivity contribution in [2.24, 2.45) is 11.3 Å². The molecule has 11 heteroatoms. The Labute approximate surface area is 210 Å². The van der Waals surface area contributed by atoms with Gasteiger partial charge in [-0.3, -0.25) is 4.79 Å². The Morgan fingerprint density at radius 2 is 1.89 bits per heavy atom. The van der Waals surface area contributed by atoms with Crippen LogP contribution in [0.5, 0.6) is 0 Å². The minimum Gasteiger partial charge on any atom is -0.463 e. The molecule has 0 aliphatic heterocycles. The molecule has 0 saturated carbocycles. The summed E-state index contributed by atoms with van der Waals surface area (Å²) in [5.74, 6) is -4.11. The van der Waals surface area contributed by atoms with Crippen LogP contribution in [0.1, 0.15) is 60.5 Å². The largest absolute Gasteiger partial charge is 0.463 e. The molecular formula is C25H27F4N3O3S. The lowest BCUT2D eigenvalue weighted by Gasteiger charge is -2.35. The smallest absolute Gasteiger partial charge is 0.441 e. The summed E-state index contributed by atoms with van der Waals surface area (Å²) in [6, 6.07) is 6.40. The minimum absolute atomic E-state index is 0.0135. The molecule has 36 heavy (non-hydrogen) atoms. The number of thiophene rings is 1. The lowest BCUT2D eigenvalue weighted by molar-refractivity contribution is -0.204. The molecule has 2 atom stereocenters. The van der Waals surface area contributed by atoms with Crippen molar-refractivity contribution < 1.29 is 31.9 Å². The zero-order chi connectivity index (χ0) is 26.9. The molecule has 1 aromatic heterocycles. The SMILES string of the molecule is CCOC(=O)C(NC(=O)c1ccccc1F)(Nc1sc2c(c1C#N)CCC(C(C)(C)C)C2)C(F)(F)F. The molecule has 1 amide bonds. The zero-order valence-electron chi connectivity index (χ0n) is 20.3. The maximum absolute atomic E-state index is 14.6. The topological polar surface area (TPSA) is 91.2 Å². The van der Waals surface area contributed by atoms with Crippen molar-refractivity contribution >= 4 is 28.2 Å². The van der Waals surface area contributed by atoms with Gasteiger partial charge >= 0.3 is 17.8 Å². The number of amides is 1. The summed E-state index contributed by atoms with van der Waals surface area (Å²) in [6.45, 7) is 7.14. The van der Waals surface area contributed by atoms with Crippen molar-refractivity contribution in [2.75, 3.05) is 11.9 Å². The summed E-state index contributed by atoms with van der Waals surface area (Å²) in [6.07, 6.45) is -3.59. The predicted octanol–water partition coefficient (Wildman–Crippen LogP) is 5.57. The fourth-order valence-corrected chi connectivity index (χ4v) is 5.55. The fourth-order valence-electron chi connectivity index (χ4n) is 4.21. The number of nitrogens with zero attached hydrogens (tertiary/aromatic N) is 1. The number of esters is 1. The quantitative estimate of drug-likeness (QED) is 0.292. The summed E-state index contributed by atoms with van der Waals surface area (Å²) in [5.41, 5.74) is -3.87. The van der Waals surface area contributed by atoms with Gasteiger partial charge in [0.15, 0.2) is 0 Å². The van der Waals surface area contributed by atoms with Gasteiger partial charge in [0, 0.05) is 4.88 Å². The van der Waals surface area contributed by atoms with Crippen molar-refractivity contribution in [3.05, 3.63) is 51.7 Å². The second kappa shape index (κ2) is 10.1. The van der Waals surface area contributed by atoms with Crippen LogP contribution in [0.2, 0.25) is 0 Å². The van der Waals surface area contributed by atoms with Crippen molar-refractivity contribution in [2.45, 2.75) is 58.8 Å². The predicted molar refractivity (Wildman–Crippen MR) is 127 cm³/mol. The number of benzene rings is 1. The van der Waals surface area contributed by atoms with Crippen LogP contribution in [-0.2, 0) is 22.4 Å². The van der Waals surface area contributed by atoms with Gasteiger partial charge in [-0.2, -0.15) is 18.4 Å². The van der Waals surface area contributed by atoms with Gasteiger partial charge in [0.25, 0.3) is 5.91 Å². The molecule has 194 valence electrons. The van der Waals surface area contributed by atoms with E-state index in [0.29, 0.717) is 18.4 Å². The number of hydrogen-bond acceptors (Lipinski definition) is 6. The number of nitrogens with one attached hydrogen (secondary N) is 2. The van der Waals surface area contributed by atoms with Gasteiger partial charge in [0.2, 0.25) is 0 Å². The molecule has 0 radical (unpaired) electrons. The number of hydrogen-bond donors (Lipinski definition) is 2. The Morgan fingerprint density at radius 1 is 1.22 bits per heavy atom. The Kier molecular flexibility index (Phi) is 7.69. The summed E-state index contributed by atoms with van der Waals surface area (Å²) in [5, 5.41) is 13.3. The maximum Gasteiger partial charge on any atom is 0.441 e. The van der Waals surface area contributed by atoms with Crippen LogP contribution in [0.4, 0.5) is 22.6 Å². The van der Waals surface area contributed by atoms with Crippen molar-refractivity contribution in [1.29, 1.82) is 5.26 Å². The van der Waals surface area contributed by atoms with Gasteiger partial charge < -0.3 is 15.4 Å². The second-order valence-electron chi connectivity index (χ2n) is 9.65. The molecule has 2 unspecified atom stereocenters. The number of ether oxygens (including phenoxy) is 1. The van der Waals surface area contributed by atoms with Gasteiger partial charge in [-0.15, -0.1) is 11.3 Å². The minimum atomic E-state index is -5.41. The molecule has 1 aliphatic carbocycles. The average molecular weight is 526 g/mol. The molecule has 2 N–H and O–H groups in total. The van der Waals surface area contributed by atoms with Gasteiger partial charge in [-0.05, 0) is 55.2 Å². The Balaban J connectivity index is 2.11. The van der Waals surface area contributed by atoms with Crippen molar-refractivity contribution in [3.63, 3.8) is 0 Å². The number of carbonyl (C=O) groups excluding carboxylic acids is 2. The molecule has 3 rings (SSSR count). The van der Waals surface area contributed by atoms with Crippen LogP contribution in [0, 0.1) is 28.5 Å². The lowest BCUT2D eigenvalue weighted by Crippen LogP contribution is -2.69. The van der Waals surface area contributed by atoms with Gasteiger partial charge in [-0.1, -0.05) is 32.9 Å². The van der Waals surface area contributed by atoms with E-state index in [9.17, 15) is 32.4 Å². The number of rotatable bonds is 6. The van der Waals surface area contributed by atoms with Gasteiger partial charge in [-0.25, -0.2) is 9.18 Å². The molecule has 0 saturated heterocycles. The summed E-state index contributed by atoms with van der Waals surface area (Å²) in [4.78, 5) is 26.3. The van der Waals surface area contributed by atoms with E-state index < -0.39 is 41.7 Å². The third kappa shape index (κ3) is 5.19. The molecule has 0 fully saturated rings. The van der Waals surface area contributed by atoms with E-state index in [1.165, 1.54) is 19.1 Å². The second-order valence-corrected chi connectivity index (χ2v) is 10.8. The molecule has 1 aromatic carbocycles. The monoisotopic (exact) mass is 525 g/mol. The lowest BCUT2D eigenvalue weighted by atomic mass is 9.72. The van der Waals surface area contributed by atoms with E-state index in [1.807, 2.05) is 6.07 Å². The van der Waals surface area contributed by atoms with Gasteiger partial charge in [0.05, 0.1) is 17.7 Å². The van der Waals surface area contributed by atoms with Crippen LogP contribution < -0.4 is 10.6 Å². The number of anilines is 1. The first-order chi connectivity index (χ1) is 16.7. The molecule has 1 aliphatic rings. The van der Waals surface area contributed by atoms with Crippen LogP contribution in [0.3, 0.4) is 0 Å². The first kappa shape index (κ1) is 27.5. The third-order valence-corrected chi connectivity index (χ3v) is 7.50. The Hall–Kier alpha value is -3.13. The molecular weight excluding hydrogens is 498 g/mol. The van der Waals surface area contributed by atoms with E-state index in [0.717, 1.165) is 34.8 Å². The standard InChI is InChI=1S/C25H27F4N3O3S/c1-5-35-22(34)24(25(27,28)29,31-20(33)16-8-6-7-9-18(16)26)32-21-17(13-30)15-11-10-14(23(2,3)4)12-19(15)36-21/h6-9,14,32H,5,10-12H2,1-4H3,(H,31,33). The molecule has 6 nitrogen and oxygen atoms in total. The van der Waals surface area contributed by atoms with Crippen molar-refractivity contribution in [1.82, 2.24) is 5.32 Å². The maximum atomic E-state index is 14.6. The Bertz CT molecular complexity index is 1200. The first-order valence-corrected chi connectivity index (χ1v) is 12.2. The molecule has 2 aromatic rings. The fraction of sp³-hybridized carbons (Fsp3) is 0.480. The first-order valence-electron chi connectivity index (χ1n) is 11.4. The van der Waals surface area contributed by atoms with Crippen LogP contribution >= 0.6 is 11.3 Å². The number of fused-ring (bicyclic) bond motifs is 1. The van der Waals surface area contributed by atoms with Crippen LogP contribution in [0.15, 0.2) is 24.3 Å². The average Bonchev–Trinajstić information content (AvgIpc) is 3.13. The Morgan fingerprint density at radius 3 is 2.44 bits per heavy atom. The molecule has 0 bridgehead atoms.